The molecule has 1 saturated heterocycles. The van der Waals surface area contributed by atoms with Gasteiger partial charge in [0.05, 0.1) is 38.4 Å². The highest BCUT2D eigenvalue weighted by molar-refractivity contribution is 7.13. The molecule has 4 rings (SSSR count). The summed E-state index contributed by atoms with van der Waals surface area (Å²) >= 11 is 1.55. The summed E-state index contributed by atoms with van der Waals surface area (Å²) in [7, 11) is 3.23. The SMILES string of the molecule is COc1ccc(C(CNC(=O)CCc2nc(-c3cccs3)no2)N2CCOCC2)cc1OC. The van der Waals surface area contributed by atoms with E-state index in [2.05, 4.69) is 20.4 Å². The van der Waals surface area contributed by atoms with Crippen molar-refractivity contribution < 1.29 is 23.5 Å². The highest BCUT2D eigenvalue weighted by Gasteiger charge is 2.24. The first kappa shape index (κ1) is 23.2. The number of carbonyl (C=O) groups excluding carboxylic acids is 1. The van der Waals surface area contributed by atoms with Gasteiger partial charge in [0.2, 0.25) is 17.6 Å². The van der Waals surface area contributed by atoms with E-state index in [0.29, 0.717) is 49.4 Å². The molecule has 1 aromatic carbocycles. The Balaban J connectivity index is 1.37. The van der Waals surface area contributed by atoms with E-state index < -0.39 is 0 Å². The van der Waals surface area contributed by atoms with Gasteiger partial charge in [-0.05, 0) is 29.1 Å². The second kappa shape index (κ2) is 11.3. The average Bonchev–Trinajstić information content (AvgIpc) is 3.55. The number of aromatic nitrogens is 2. The van der Waals surface area contributed by atoms with Crippen molar-refractivity contribution in [3.05, 3.63) is 47.2 Å². The van der Waals surface area contributed by atoms with Crippen molar-refractivity contribution in [2.45, 2.75) is 18.9 Å². The Labute approximate surface area is 196 Å². The molecule has 0 spiro atoms. The van der Waals surface area contributed by atoms with Gasteiger partial charge in [-0.1, -0.05) is 17.3 Å². The number of thiophene rings is 1. The maximum Gasteiger partial charge on any atom is 0.227 e. The molecule has 0 aliphatic carbocycles. The average molecular weight is 473 g/mol. The highest BCUT2D eigenvalue weighted by atomic mass is 32.1. The lowest BCUT2D eigenvalue weighted by Gasteiger charge is -2.35. The smallest absolute Gasteiger partial charge is 0.227 e. The molecule has 1 amide bonds. The highest BCUT2D eigenvalue weighted by Crippen LogP contribution is 2.32. The zero-order valence-corrected chi connectivity index (χ0v) is 19.6. The van der Waals surface area contributed by atoms with Crippen LogP contribution in [0.2, 0.25) is 0 Å². The van der Waals surface area contributed by atoms with E-state index in [0.717, 1.165) is 23.5 Å². The van der Waals surface area contributed by atoms with Crippen molar-refractivity contribution >= 4 is 17.2 Å². The van der Waals surface area contributed by atoms with Crippen LogP contribution in [0.1, 0.15) is 23.9 Å². The Kier molecular flexibility index (Phi) is 7.92. The number of carbonyl (C=O) groups is 1. The van der Waals surface area contributed by atoms with Gasteiger partial charge in [0.15, 0.2) is 11.5 Å². The predicted octanol–water partition coefficient (Wildman–Crippen LogP) is 2.94. The molecule has 1 aliphatic heterocycles. The second-order valence-corrected chi connectivity index (χ2v) is 8.52. The summed E-state index contributed by atoms with van der Waals surface area (Å²) in [5, 5.41) is 9.02. The third kappa shape index (κ3) is 5.89. The van der Waals surface area contributed by atoms with E-state index in [4.69, 9.17) is 18.7 Å². The van der Waals surface area contributed by atoms with Crippen LogP contribution in [-0.4, -0.2) is 68.0 Å². The van der Waals surface area contributed by atoms with Crippen LogP contribution in [0.4, 0.5) is 0 Å². The van der Waals surface area contributed by atoms with Crippen LogP contribution < -0.4 is 14.8 Å². The van der Waals surface area contributed by atoms with Gasteiger partial charge in [0, 0.05) is 32.5 Å². The number of hydrogen-bond donors (Lipinski definition) is 1. The topological polar surface area (TPSA) is 99.0 Å². The lowest BCUT2D eigenvalue weighted by molar-refractivity contribution is -0.121. The summed E-state index contributed by atoms with van der Waals surface area (Å²) < 4.78 is 21.7. The van der Waals surface area contributed by atoms with E-state index in [9.17, 15) is 4.79 Å². The summed E-state index contributed by atoms with van der Waals surface area (Å²) in [4.78, 5) is 20.2. The lowest BCUT2D eigenvalue weighted by Crippen LogP contribution is -2.43. The lowest BCUT2D eigenvalue weighted by atomic mass is 10.0. The molecule has 1 N–H and O–H groups in total. The van der Waals surface area contributed by atoms with Crippen molar-refractivity contribution in [3.63, 3.8) is 0 Å². The van der Waals surface area contributed by atoms with Crippen LogP contribution in [0.3, 0.4) is 0 Å². The van der Waals surface area contributed by atoms with Crippen LogP contribution in [0.25, 0.3) is 10.7 Å². The van der Waals surface area contributed by atoms with E-state index in [1.54, 1.807) is 25.6 Å². The summed E-state index contributed by atoms with van der Waals surface area (Å²) in [5.41, 5.74) is 1.05. The Hall–Kier alpha value is -2.95. The summed E-state index contributed by atoms with van der Waals surface area (Å²) in [5.74, 6) is 2.29. The number of amides is 1. The molecular formula is C23H28N4O5S. The molecule has 1 fully saturated rings. The zero-order valence-electron chi connectivity index (χ0n) is 18.8. The van der Waals surface area contributed by atoms with Gasteiger partial charge in [-0.25, -0.2) is 0 Å². The first-order chi connectivity index (χ1) is 16.2. The fourth-order valence-electron chi connectivity index (χ4n) is 3.79. The largest absolute Gasteiger partial charge is 0.493 e. The van der Waals surface area contributed by atoms with Crippen LogP contribution >= 0.6 is 11.3 Å². The van der Waals surface area contributed by atoms with Crippen LogP contribution in [0, 0.1) is 0 Å². The molecule has 9 nitrogen and oxygen atoms in total. The van der Waals surface area contributed by atoms with E-state index >= 15 is 0 Å². The fraction of sp³-hybridized carbons (Fsp3) is 0.435. The van der Waals surface area contributed by atoms with Gasteiger partial charge in [-0.2, -0.15) is 4.98 Å². The van der Waals surface area contributed by atoms with Crippen LogP contribution in [0.5, 0.6) is 11.5 Å². The number of morpholine rings is 1. The van der Waals surface area contributed by atoms with Crippen molar-refractivity contribution in [2.24, 2.45) is 0 Å². The second-order valence-electron chi connectivity index (χ2n) is 7.57. The Morgan fingerprint density at radius 1 is 1.21 bits per heavy atom. The van der Waals surface area contributed by atoms with Crippen molar-refractivity contribution in [1.29, 1.82) is 0 Å². The van der Waals surface area contributed by atoms with Gasteiger partial charge in [0.1, 0.15) is 0 Å². The first-order valence-electron chi connectivity index (χ1n) is 10.8. The number of rotatable bonds is 10. The summed E-state index contributed by atoms with van der Waals surface area (Å²) in [6.45, 7) is 3.40. The predicted molar refractivity (Wildman–Crippen MR) is 124 cm³/mol. The number of ether oxygens (including phenoxy) is 3. The minimum absolute atomic E-state index is 0.00788. The molecule has 0 bridgehead atoms. The molecule has 1 atom stereocenters. The van der Waals surface area contributed by atoms with Crippen molar-refractivity contribution in [1.82, 2.24) is 20.4 Å². The Bertz CT molecular complexity index is 1030. The maximum atomic E-state index is 12.6. The zero-order chi connectivity index (χ0) is 23.0. The summed E-state index contributed by atoms with van der Waals surface area (Å²) in [6.07, 6.45) is 0.663. The van der Waals surface area contributed by atoms with E-state index in [-0.39, 0.29) is 18.4 Å². The van der Waals surface area contributed by atoms with Crippen LogP contribution in [-0.2, 0) is 16.0 Å². The van der Waals surface area contributed by atoms with Gasteiger partial charge < -0.3 is 24.1 Å². The maximum absolute atomic E-state index is 12.6. The number of aryl methyl sites for hydroxylation is 1. The molecule has 0 saturated carbocycles. The van der Waals surface area contributed by atoms with Gasteiger partial charge in [-0.3, -0.25) is 9.69 Å². The molecular weight excluding hydrogens is 444 g/mol. The third-order valence-electron chi connectivity index (χ3n) is 5.55. The molecule has 2 aromatic heterocycles. The molecule has 10 heteroatoms. The standard InChI is InChI=1S/C23H28N4O5S/c1-29-18-6-5-16(14-19(18)30-2)17(27-9-11-31-12-10-27)15-24-21(28)7-8-22-25-23(26-32-22)20-4-3-13-33-20/h3-6,13-14,17H,7-12,15H2,1-2H3,(H,24,28). The van der Waals surface area contributed by atoms with Crippen molar-refractivity contribution in [2.75, 3.05) is 47.1 Å². The molecule has 3 heterocycles. The Morgan fingerprint density at radius 3 is 2.76 bits per heavy atom. The van der Waals surface area contributed by atoms with Crippen molar-refractivity contribution in [3.8, 4) is 22.2 Å². The molecule has 1 aliphatic rings. The van der Waals surface area contributed by atoms with E-state index in [1.165, 1.54) is 0 Å². The molecule has 0 radical (unpaired) electrons. The number of nitrogens with zero attached hydrogens (tertiary/aromatic N) is 3. The fourth-order valence-corrected chi connectivity index (χ4v) is 4.44. The summed E-state index contributed by atoms with van der Waals surface area (Å²) in [6, 6.07) is 9.74. The van der Waals surface area contributed by atoms with Crippen LogP contribution in [0.15, 0.2) is 40.2 Å². The Morgan fingerprint density at radius 2 is 2.03 bits per heavy atom. The minimum Gasteiger partial charge on any atom is -0.493 e. The number of methoxy groups -OCH3 is 2. The number of benzene rings is 1. The van der Waals surface area contributed by atoms with Gasteiger partial charge >= 0.3 is 0 Å². The third-order valence-corrected chi connectivity index (χ3v) is 6.41. The van der Waals surface area contributed by atoms with Gasteiger partial charge in [0.25, 0.3) is 0 Å². The monoisotopic (exact) mass is 472 g/mol. The normalized spacial score (nSPS) is 15.2. The minimum atomic E-state index is -0.0652. The first-order valence-corrected chi connectivity index (χ1v) is 11.7. The quantitative estimate of drug-likeness (QED) is 0.481. The number of hydrogen-bond acceptors (Lipinski definition) is 9. The van der Waals surface area contributed by atoms with Gasteiger partial charge in [-0.15, -0.1) is 11.3 Å². The molecule has 33 heavy (non-hydrogen) atoms. The molecule has 3 aromatic rings. The number of nitrogens with one attached hydrogen (secondary N) is 1. The molecule has 176 valence electrons. The van der Waals surface area contributed by atoms with E-state index in [1.807, 2.05) is 35.7 Å². The molecule has 1 unspecified atom stereocenters.